The van der Waals surface area contributed by atoms with Gasteiger partial charge in [-0.25, -0.2) is 9.97 Å². The minimum absolute atomic E-state index is 0.0696. The Morgan fingerprint density at radius 2 is 2.00 bits per heavy atom. The first kappa shape index (κ1) is 21.3. The molecule has 2 fully saturated rings. The first-order valence-electron chi connectivity index (χ1n) is 10.3. The number of nitrogens with zero attached hydrogens (tertiary/aromatic N) is 4. The first-order valence-corrected chi connectivity index (χ1v) is 10.6. The molecule has 0 saturated carbocycles. The number of hydrogen-bond donors (Lipinski definition) is 2. The van der Waals surface area contributed by atoms with Crippen LogP contribution >= 0.6 is 11.6 Å². The van der Waals surface area contributed by atoms with Gasteiger partial charge in [-0.15, -0.1) is 0 Å². The maximum Gasteiger partial charge on any atom is 0.251 e. The van der Waals surface area contributed by atoms with E-state index in [4.69, 9.17) is 17.3 Å². The fourth-order valence-electron chi connectivity index (χ4n) is 4.31. The second-order valence-electron chi connectivity index (χ2n) is 7.98. The van der Waals surface area contributed by atoms with Crippen LogP contribution < -0.4 is 16.0 Å². The Kier molecular flexibility index (Phi) is 5.95. The summed E-state index contributed by atoms with van der Waals surface area (Å²) in [5.41, 5.74) is 6.30. The molecule has 10 heteroatoms. The molecule has 2 amide bonds. The van der Waals surface area contributed by atoms with Crippen molar-refractivity contribution in [3.8, 4) is 0 Å². The SMILES string of the molecule is C[C@H]1CCN(c2ncnc(N)c2F)C(=O)[C@@H]1N1CCCC(Nc2cccc(Cl)c2)C1=O. The van der Waals surface area contributed by atoms with Crippen LogP contribution in [-0.2, 0) is 9.59 Å². The van der Waals surface area contributed by atoms with Gasteiger partial charge in [0.2, 0.25) is 11.7 Å². The number of anilines is 3. The highest BCUT2D eigenvalue weighted by atomic mass is 35.5. The van der Waals surface area contributed by atoms with Crippen LogP contribution in [0.2, 0.25) is 5.02 Å². The van der Waals surface area contributed by atoms with E-state index in [-0.39, 0.29) is 29.4 Å². The number of nitrogen functional groups attached to an aromatic ring is 1. The number of nitrogens with two attached hydrogens (primary N) is 1. The van der Waals surface area contributed by atoms with Crippen LogP contribution in [0.1, 0.15) is 26.2 Å². The third kappa shape index (κ3) is 4.14. The smallest absolute Gasteiger partial charge is 0.251 e. The summed E-state index contributed by atoms with van der Waals surface area (Å²) < 4.78 is 14.5. The van der Waals surface area contributed by atoms with Crippen LogP contribution in [0.4, 0.5) is 21.7 Å². The van der Waals surface area contributed by atoms with E-state index in [0.717, 1.165) is 18.4 Å². The zero-order valence-corrected chi connectivity index (χ0v) is 17.8. The van der Waals surface area contributed by atoms with Crippen molar-refractivity contribution in [1.29, 1.82) is 0 Å². The Morgan fingerprint density at radius 3 is 2.77 bits per heavy atom. The summed E-state index contributed by atoms with van der Waals surface area (Å²) in [4.78, 5) is 37.1. The molecular formula is C21H24ClFN6O2. The molecule has 1 unspecified atom stereocenters. The summed E-state index contributed by atoms with van der Waals surface area (Å²) in [6.07, 6.45) is 3.13. The first-order chi connectivity index (χ1) is 14.9. The second-order valence-corrected chi connectivity index (χ2v) is 8.41. The quantitative estimate of drug-likeness (QED) is 0.748. The molecule has 1 aromatic carbocycles. The maximum absolute atomic E-state index is 14.5. The van der Waals surface area contributed by atoms with Crippen LogP contribution in [0.15, 0.2) is 30.6 Å². The second kappa shape index (κ2) is 8.66. The average Bonchev–Trinajstić information content (AvgIpc) is 2.73. The van der Waals surface area contributed by atoms with Crippen molar-refractivity contribution >= 4 is 40.7 Å². The number of halogens is 2. The van der Waals surface area contributed by atoms with Crippen LogP contribution in [0.25, 0.3) is 0 Å². The lowest BCUT2D eigenvalue weighted by Crippen LogP contribution is -2.62. The lowest BCUT2D eigenvalue weighted by Gasteiger charge is -2.44. The molecule has 3 N–H and O–H groups in total. The predicted octanol–water partition coefficient (Wildman–Crippen LogP) is 2.70. The zero-order chi connectivity index (χ0) is 22.1. The summed E-state index contributed by atoms with van der Waals surface area (Å²) >= 11 is 6.05. The molecule has 0 bridgehead atoms. The maximum atomic E-state index is 14.5. The van der Waals surface area contributed by atoms with Gasteiger partial charge in [-0.05, 0) is 43.4 Å². The van der Waals surface area contributed by atoms with Gasteiger partial charge in [0.15, 0.2) is 11.6 Å². The molecule has 3 heterocycles. The summed E-state index contributed by atoms with van der Waals surface area (Å²) in [5, 5.41) is 3.80. The van der Waals surface area contributed by atoms with Crippen molar-refractivity contribution in [3.63, 3.8) is 0 Å². The summed E-state index contributed by atoms with van der Waals surface area (Å²) in [7, 11) is 0. The molecule has 2 aliphatic heterocycles. The number of likely N-dealkylation sites (tertiary alicyclic amines) is 1. The van der Waals surface area contributed by atoms with Gasteiger partial charge in [0.05, 0.1) is 0 Å². The number of carbonyl (C=O) groups is 2. The molecule has 2 saturated heterocycles. The lowest BCUT2D eigenvalue weighted by molar-refractivity contribution is -0.145. The average molecular weight is 447 g/mol. The molecule has 0 spiro atoms. The molecule has 31 heavy (non-hydrogen) atoms. The zero-order valence-electron chi connectivity index (χ0n) is 17.1. The number of nitrogens with one attached hydrogen (secondary N) is 1. The molecule has 4 rings (SSSR count). The van der Waals surface area contributed by atoms with E-state index < -0.39 is 17.9 Å². The molecule has 3 atom stereocenters. The molecule has 2 aliphatic rings. The van der Waals surface area contributed by atoms with E-state index in [2.05, 4.69) is 15.3 Å². The number of hydrogen-bond acceptors (Lipinski definition) is 6. The molecule has 0 aliphatic carbocycles. The van der Waals surface area contributed by atoms with E-state index in [1.807, 2.05) is 19.1 Å². The van der Waals surface area contributed by atoms with Gasteiger partial charge in [-0.1, -0.05) is 24.6 Å². The van der Waals surface area contributed by atoms with Gasteiger partial charge in [0, 0.05) is 23.8 Å². The Hall–Kier alpha value is -2.94. The monoisotopic (exact) mass is 446 g/mol. The molecule has 8 nitrogen and oxygen atoms in total. The standard InChI is InChI=1S/C21H24ClFN6O2/c1-12-7-9-29(19-16(23)18(24)25-11-26-19)21(31)17(12)28-8-3-6-15(20(28)30)27-14-5-2-4-13(22)10-14/h2,4-5,10-12,15,17,27H,3,6-9H2,1H3,(H2,24,25,26)/t12-,15?,17+/m0/s1. The van der Waals surface area contributed by atoms with Crippen molar-refractivity contribution in [2.45, 2.75) is 38.3 Å². The number of aromatic nitrogens is 2. The van der Waals surface area contributed by atoms with Crippen molar-refractivity contribution in [1.82, 2.24) is 14.9 Å². The van der Waals surface area contributed by atoms with Crippen molar-refractivity contribution < 1.29 is 14.0 Å². The minimum atomic E-state index is -0.824. The van der Waals surface area contributed by atoms with Gasteiger partial charge in [0.1, 0.15) is 18.4 Å². The Bertz CT molecular complexity index is 1010. The Morgan fingerprint density at radius 1 is 1.19 bits per heavy atom. The summed E-state index contributed by atoms with van der Waals surface area (Å²) in [6.45, 7) is 2.71. The van der Waals surface area contributed by atoms with Crippen molar-refractivity contribution in [2.75, 3.05) is 29.0 Å². The number of carbonyl (C=O) groups excluding carboxylic acids is 2. The minimum Gasteiger partial charge on any atom is -0.381 e. The summed E-state index contributed by atoms with van der Waals surface area (Å²) in [6, 6.07) is 6.01. The van der Waals surface area contributed by atoms with Crippen LogP contribution in [0.3, 0.4) is 0 Å². The summed E-state index contributed by atoms with van der Waals surface area (Å²) in [5.74, 6) is -1.86. The van der Waals surface area contributed by atoms with E-state index in [1.165, 1.54) is 4.90 Å². The molecule has 0 radical (unpaired) electrons. The fourth-order valence-corrected chi connectivity index (χ4v) is 4.50. The molecule has 164 valence electrons. The van der Waals surface area contributed by atoms with Gasteiger partial charge in [-0.2, -0.15) is 4.39 Å². The van der Waals surface area contributed by atoms with Crippen LogP contribution in [0.5, 0.6) is 0 Å². The van der Waals surface area contributed by atoms with Gasteiger partial charge in [-0.3, -0.25) is 14.5 Å². The Labute approximate surface area is 184 Å². The van der Waals surface area contributed by atoms with E-state index in [9.17, 15) is 14.0 Å². The number of rotatable bonds is 4. The molecule has 1 aromatic heterocycles. The molecule has 2 aromatic rings. The van der Waals surface area contributed by atoms with E-state index >= 15 is 0 Å². The predicted molar refractivity (Wildman–Crippen MR) is 116 cm³/mol. The van der Waals surface area contributed by atoms with Crippen LogP contribution in [-0.4, -0.2) is 51.9 Å². The van der Waals surface area contributed by atoms with E-state index in [1.54, 1.807) is 17.0 Å². The highest BCUT2D eigenvalue weighted by Crippen LogP contribution is 2.31. The largest absolute Gasteiger partial charge is 0.381 e. The normalized spacial score (nSPS) is 24.4. The van der Waals surface area contributed by atoms with Gasteiger partial charge >= 0.3 is 0 Å². The van der Waals surface area contributed by atoms with E-state index in [0.29, 0.717) is 31.0 Å². The van der Waals surface area contributed by atoms with Gasteiger partial charge < -0.3 is 16.0 Å². The topological polar surface area (TPSA) is 104 Å². The number of amides is 2. The number of benzene rings is 1. The van der Waals surface area contributed by atoms with Gasteiger partial charge in [0.25, 0.3) is 5.91 Å². The third-order valence-electron chi connectivity index (χ3n) is 5.89. The van der Waals surface area contributed by atoms with Crippen LogP contribution in [0, 0.1) is 11.7 Å². The lowest BCUT2D eigenvalue weighted by atomic mass is 9.89. The van der Waals surface area contributed by atoms with Crippen molar-refractivity contribution in [2.24, 2.45) is 5.92 Å². The molecular weight excluding hydrogens is 423 g/mol. The highest BCUT2D eigenvalue weighted by Gasteiger charge is 2.44. The highest BCUT2D eigenvalue weighted by molar-refractivity contribution is 6.30. The van der Waals surface area contributed by atoms with Crippen molar-refractivity contribution in [3.05, 3.63) is 41.4 Å². The fraction of sp³-hybridized carbons (Fsp3) is 0.429. The number of piperidine rings is 2. The third-order valence-corrected chi connectivity index (χ3v) is 6.13. The Balaban J connectivity index is 1.57.